The third-order valence-electron chi connectivity index (χ3n) is 9.66. The number of benzene rings is 8. The molecule has 230 valence electrons. The highest BCUT2D eigenvalue weighted by Crippen LogP contribution is 2.47. The summed E-state index contributed by atoms with van der Waals surface area (Å²) in [5.41, 5.74) is 11.3. The molecule has 0 N–H and O–H groups in total. The molecule has 8 aromatic carbocycles. The lowest BCUT2D eigenvalue weighted by Crippen LogP contribution is -2.10. The lowest BCUT2D eigenvalue weighted by Gasteiger charge is -2.26. The van der Waals surface area contributed by atoms with Gasteiger partial charge in [-0.25, -0.2) is 0 Å². The van der Waals surface area contributed by atoms with Gasteiger partial charge in [-0.1, -0.05) is 121 Å². The maximum absolute atomic E-state index is 6.74. The van der Waals surface area contributed by atoms with Gasteiger partial charge in [0.15, 0.2) is 0 Å². The molecule has 0 saturated heterocycles. The Balaban J connectivity index is 1.25. The summed E-state index contributed by atoms with van der Waals surface area (Å²) in [5.74, 6) is 0. The standard InChI is InChI=1S/C46H29NO2/c1-3-12-30(13-4-1)31-22-24-33(25-23-31)47(34-26-27-42-39(28-34)36-17-9-10-20-41(36)48-42)40-19-11-21-43-46(40)45-37-18-8-7-16-35(37)38(29-44(45)49-43)32-14-5-2-6-15-32/h1-29H. The number of para-hydroxylation sites is 1. The molecule has 10 aromatic rings. The van der Waals surface area contributed by atoms with Gasteiger partial charge >= 0.3 is 0 Å². The van der Waals surface area contributed by atoms with E-state index in [9.17, 15) is 0 Å². The molecule has 0 aliphatic carbocycles. The van der Waals surface area contributed by atoms with E-state index in [1.807, 2.05) is 12.1 Å². The topological polar surface area (TPSA) is 29.5 Å². The minimum absolute atomic E-state index is 0.851. The van der Waals surface area contributed by atoms with Crippen LogP contribution in [0.3, 0.4) is 0 Å². The van der Waals surface area contributed by atoms with E-state index in [1.54, 1.807) is 0 Å². The summed E-state index contributed by atoms with van der Waals surface area (Å²) in [4.78, 5) is 2.35. The highest BCUT2D eigenvalue weighted by Gasteiger charge is 2.23. The minimum atomic E-state index is 0.851. The van der Waals surface area contributed by atoms with Crippen LogP contribution in [0.2, 0.25) is 0 Å². The van der Waals surface area contributed by atoms with Crippen LogP contribution < -0.4 is 4.90 Å². The van der Waals surface area contributed by atoms with Gasteiger partial charge in [-0.3, -0.25) is 0 Å². The molecule has 0 bridgehead atoms. The number of fused-ring (bicyclic) bond motifs is 8. The summed E-state index contributed by atoms with van der Waals surface area (Å²) in [6.45, 7) is 0. The second-order valence-electron chi connectivity index (χ2n) is 12.5. The Morgan fingerprint density at radius 2 is 0.918 bits per heavy atom. The number of nitrogens with zero attached hydrogens (tertiary/aromatic N) is 1. The SMILES string of the molecule is c1ccc(-c2ccc(N(c3ccc4oc5ccccc5c4c3)c3cccc4oc5cc(-c6ccccc6)c6ccccc6c5c34)cc2)cc1. The van der Waals surface area contributed by atoms with Crippen LogP contribution in [-0.2, 0) is 0 Å². The van der Waals surface area contributed by atoms with Crippen molar-refractivity contribution in [2.24, 2.45) is 0 Å². The molecule has 3 heteroatoms. The van der Waals surface area contributed by atoms with Gasteiger partial charge < -0.3 is 13.7 Å². The molecule has 0 radical (unpaired) electrons. The average Bonchev–Trinajstić information content (AvgIpc) is 3.74. The third kappa shape index (κ3) is 4.44. The maximum Gasteiger partial charge on any atom is 0.137 e. The highest BCUT2D eigenvalue weighted by atomic mass is 16.3. The molecule has 0 saturated carbocycles. The van der Waals surface area contributed by atoms with Gasteiger partial charge in [0.1, 0.15) is 22.3 Å². The van der Waals surface area contributed by atoms with E-state index >= 15 is 0 Å². The van der Waals surface area contributed by atoms with Crippen molar-refractivity contribution in [1.29, 1.82) is 0 Å². The fourth-order valence-corrected chi connectivity index (χ4v) is 7.42. The fourth-order valence-electron chi connectivity index (χ4n) is 7.42. The van der Waals surface area contributed by atoms with Gasteiger partial charge in [0.25, 0.3) is 0 Å². The predicted octanol–water partition coefficient (Wildman–Crippen LogP) is 13.4. The molecule has 0 unspecified atom stereocenters. The van der Waals surface area contributed by atoms with Crippen LogP contribution in [0.25, 0.3) is 76.9 Å². The molecule has 49 heavy (non-hydrogen) atoms. The summed E-state index contributed by atoms with van der Waals surface area (Å²) in [6.07, 6.45) is 0. The molecular weight excluding hydrogens is 599 g/mol. The van der Waals surface area contributed by atoms with Gasteiger partial charge in [-0.05, 0) is 87.6 Å². The average molecular weight is 628 g/mol. The van der Waals surface area contributed by atoms with E-state index in [1.165, 1.54) is 27.5 Å². The van der Waals surface area contributed by atoms with Crippen LogP contribution in [-0.4, -0.2) is 0 Å². The van der Waals surface area contributed by atoms with Crippen LogP contribution >= 0.6 is 0 Å². The summed E-state index contributed by atoms with van der Waals surface area (Å²) in [5, 5.41) is 6.75. The van der Waals surface area contributed by atoms with Crippen molar-refractivity contribution >= 4 is 71.7 Å². The summed E-state index contributed by atoms with van der Waals surface area (Å²) in [7, 11) is 0. The van der Waals surface area contributed by atoms with Gasteiger partial charge in [-0.2, -0.15) is 0 Å². The van der Waals surface area contributed by atoms with Gasteiger partial charge in [0.05, 0.1) is 11.1 Å². The maximum atomic E-state index is 6.74. The first-order chi connectivity index (χ1) is 24.3. The fraction of sp³-hybridized carbons (Fsp3) is 0. The van der Waals surface area contributed by atoms with Crippen molar-refractivity contribution in [1.82, 2.24) is 0 Å². The van der Waals surface area contributed by atoms with Crippen molar-refractivity contribution in [2.45, 2.75) is 0 Å². The number of hydrogen-bond acceptors (Lipinski definition) is 3. The van der Waals surface area contributed by atoms with Crippen LogP contribution in [0.15, 0.2) is 185 Å². The molecule has 0 aliphatic heterocycles. The van der Waals surface area contributed by atoms with Gasteiger partial charge in [0, 0.05) is 27.5 Å². The monoisotopic (exact) mass is 627 g/mol. The van der Waals surface area contributed by atoms with E-state index in [0.717, 1.165) is 66.5 Å². The molecule has 10 rings (SSSR count). The second kappa shape index (κ2) is 11.0. The van der Waals surface area contributed by atoms with Gasteiger partial charge in [0.2, 0.25) is 0 Å². The normalized spacial score (nSPS) is 11.7. The van der Waals surface area contributed by atoms with Crippen LogP contribution in [0.5, 0.6) is 0 Å². The zero-order valence-electron chi connectivity index (χ0n) is 26.5. The quantitative estimate of drug-likeness (QED) is 0.190. The Bertz CT molecular complexity index is 2810. The molecular formula is C46H29NO2. The molecule has 3 nitrogen and oxygen atoms in total. The lowest BCUT2D eigenvalue weighted by atomic mass is 9.94. The molecule has 2 aromatic heterocycles. The first-order valence-corrected chi connectivity index (χ1v) is 16.6. The first-order valence-electron chi connectivity index (χ1n) is 16.6. The predicted molar refractivity (Wildman–Crippen MR) is 204 cm³/mol. The van der Waals surface area contributed by atoms with Crippen LogP contribution in [0, 0.1) is 0 Å². The minimum Gasteiger partial charge on any atom is -0.456 e. The second-order valence-corrected chi connectivity index (χ2v) is 12.5. The van der Waals surface area contributed by atoms with E-state index in [4.69, 9.17) is 8.83 Å². The van der Waals surface area contributed by atoms with Crippen molar-refractivity contribution in [3.05, 3.63) is 176 Å². The molecule has 2 heterocycles. The largest absolute Gasteiger partial charge is 0.456 e. The molecule has 0 amide bonds. The Morgan fingerprint density at radius 3 is 1.71 bits per heavy atom. The third-order valence-corrected chi connectivity index (χ3v) is 9.66. The van der Waals surface area contributed by atoms with Crippen LogP contribution in [0.4, 0.5) is 17.1 Å². The Hall–Kier alpha value is -6.58. The van der Waals surface area contributed by atoms with Crippen molar-refractivity contribution in [3.8, 4) is 22.3 Å². The zero-order valence-corrected chi connectivity index (χ0v) is 26.5. The van der Waals surface area contributed by atoms with E-state index < -0.39 is 0 Å². The van der Waals surface area contributed by atoms with Crippen LogP contribution in [0.1, 0.15) is 0 Å². The number of hydrogen-bond donors (Lipinski definition) is 0. The van der Waals surface area contributed by atoms with Crippen molar-refractivity contribution < 1.29 is 8.83 Å². The van der Waals surface area contributed by atoms with Crippen molar-refractivity contribution in [2.75, 3.05) is 4.90 Å². The number of rotatable bonds is 5. The Morgan fingerprint density at radius 1 is 0.327 bits per heavy atom. The van der Waals surface area contributed by atoms with E-state index in [2.05, 4.69) is 169 Å². The highest BCUT2D eigenvalue weighted by molar-refractivity contribution is 6.25. The number of anilines is 3. The number of furan rings is 2. The smallest absolute Gasteiger partial charge is 0.137 e. The summed E-state index contributed by atoms with van der Waals surface area (Å²) >= 11 is 0. The molecule has 0 spiro atoms. The van der Waals surface area contributed by atoms with Crippen molar-refractivity contribution in [3.63, 3.8) is 0 Å². The molecule has 0 atom stereocenters. The lowest BCUT2D eigenvalue weighted by molar-refractivity contribution is 0.668. The van der Waals surface area contributed by atoms with E-state index in [0.29, 0.717) is 0 Å². The summed E-state index contributed by atoms with van der Waals surface area (Å²) in [6, 6.07) is 61.9. The van der Waals surface area contributed by atoms with Gasteiger partial charge in [-0.15, -0.1) is 0 Å². The Kier molecular flexibility index (Phi) is 6.18. The van der Waals surface area contributed by atoms with E-state index in [-0.39, 0.29) is 0 Å². The Labute approximate surface area is 282 Å². The molecule has 0 aliphatic rings. The molecule has 0 fully saturated rings. The summed E-state index contributed by atoms with van der Waals surface area (Å²) < 4.78 is 13.0. The first kappa shape index (κ1) is 27.5. The zero-order chi connectivity index (χ0) is 32.3.